The van der Waals surface area contributed by atoms with Crippen molar-refractivity contribution in [3.05, 3.63) is 0 Å². The summed E-state index contributed by atoms with van der Waals surface area (Å²) in [7, 11) is -4.03. The van der Waals surface area contributed by atoms with Crippen LogP contribution in [-0.2, 0) is 13.6 Å². The molecule has 0 aromatic heterocycles. The van der Waals surface area contributed by atoms with Crippen LogP contribution in [0.25, 0.3) is 0 Å². The fourth-order valence-electron chi connectivity index (χ4n) is 1.42. The van der Waals surface area contributed by atoms with Crippen molar-refractivity contribution in [3.63, 3.8) is 0 Å². The highest BCUT2D eigenvalue weighted by molar-refractivity contribution is 7.45. The van der Waals surface area contributed by atoms with Crippen LogP contribution in [0.2, 0.25) is 0 Å². The largest absolute Gasteiger partial charge is 0.756 e. The van der Waals surface area contributed by atoms with Gasteiger partial charge in [0.2, 0.25) is 0 Å². The Bertz CT molecular complexity index is 209. The number of hydrogen-bond acceptors (Lipinski definition) is 4. The average molecular weight is 265 g/mol. The van der Waals surface area contributed by atoms with Crippen molar-refractivity contribution < 1.29 is 18.5 Å². The molecule has 4 nitrogen and oxygen atoms in total. The topological polar surface area (TPSA) is 58.6 Å². The molecule has 5 heteroatoms. The predicted octanol–water partition coefficient (Wildman–Crippen LogP) is 3.65. The minimum Gasteiger partial charge on any atom is -0.756 e. The lowest BCUT2D eigenvalue weighted by atomic mass is 10.1. The van der Waals surface area contributed by atoms with E-state index in [9.17, 15) is 9.46 Å². The Balaban J connectivity index is 3.36. The highest BCUT2D eigenvalue weighted by Gasteiger charge is 2.07. The summed E-state index contributed by atoms with van der Waals surface area (Å²) in [5, 5.41) is 0. The highest BCUT2D eigenvalue weighted by Crippen LogP contribution is 2.38. The molecule has 0 spiro atoms. The van der Waals surface area contributed by atoms with Gasteiger partial charge in [-0.3, -0.25) is 4.57 Å². The molecule has 0 fully saturated rings. The second kappa shape index (κ2) is 11.2. The summed E-state index contributed by atoms with van der Waals surface area (Å²) >= 11 is 0. The molecular formula is C12H26O4P-. The SMILES string of the molecule is CCCCCCCCOP(=O)([O-])OCCCC. The standard InChI is InChI=1S/C12H27O4P/c1-3-5-7-8-9-10-12-16-17(13,14)15-11-6-4-2/h3-12H2,1-2H3,(H,13,14)/p-1. The van der Waals surface area contributed by atoms with Crippen LogP contribution in [0.4, 0.5) is 0 Å². The van der Waals surface area contributed by atoms with E-state index in [1.165, 1.54) is 19.3 Å². The van der Waals surface area contributed by atoms with Gasteiger partial charge in [-0.05, 0) is 12.8 Å². The molecule has 0 amide bonds. The average Bonchev–Trinajstić information content (AvgIpc) is 2.28. The van der Waals surface area contributed by atoms with E-state index in [-0.39, 0.29) is 13.2 Å². The third kappa shape index (κ3) is 12.4. The summed E-state index contributed by atoms with van der Waals surface area (Å²) < 4.78 is 20.7. The lowest BCUT2D eigenvalue weighted by Crippen LogP contribution is -2.09. The van der Waals surface area contributed by atoms with Crippen LogP contribution in [0.15, 0.2) is 0 Å². The molecule has 0 N–H and O–H groups in total. The smallest absolute Gasteiger partial charge is 0.267 e. The third-order valence-electron chi connectivity index (χ3n) is 2.49. The quantitative estimate of drug-likeness (QED) is 0.399. The Morgan fingerprint density at radius 2 is 1.29 bits per heavy atom. The monoisotopic (exact) mass is 265 g/mol. The van der Waals surface area contributed by atoms with Gasteiger partial charge in [0.25, 0.3) is 7.82 Å². The van der Waals surface area contributed by atoms with Crippen molar-refractivity contribution in [3.8, 4) is 0 Å². The molecule has 0 heterocycles. The Labute approximate surface area is 105 Å². The van der Waals surface area contributed by atoms with Gasteiger partial charge >= 0.3 is 0 Å². The zero-order valence-electron chi connectivity index (χ0n) is 11.2. The predicted molar refractivity (Wildman–Crippen MR) is 67.8 cm³/mol. The minimum absolute atomic E-state index is 0.230. The summed E-state index contributed by atoms with van der Waals surface area (Å²) in [4.78, 5) is 11.2. The van der Waals surface area contributed by atoms with Crippen LogP contribution >= 0.6 is 7.82 Å². The summed E-state index contributed by atoms with van der Waals surface area (Å²) in [6.07, 6.45) is 8.31. The molecule has 0 aromatic rings. The fraction of sp³-hybridized carbons (Fsp3) is 1.00. The summed E-state index contributed by atoms with van der Waals surface area (Å²) in [5.41, 5.74) is 0. The Morgan fingerprint density at radius 1 is 0.824 bits per heavy atom. The van der Waals surface area contributed by atoms with Crippen LogP contribution in [0.1, 0.15) is 65.2 Å². The lowest BCUT2D eigenvalue weighted by molar-refractivity contribution is -0.225. The van der Waals surface area contributed by atoms with Crippen LogP contribution < -0.4 is 4.89 Å². The zero-order valence-corrected chi connectivity index (χ0v) is 12.0. The van der Waals surface area contributed by atoms with Gasteiger partial charge in [0.05, 0.1) is 13.2 Å². The second-order valence-electron chi connectivity index (χ2n) is 4.23. The van der Waals surface area contributed by atoms with Crippen molar-refractivity contribution in [2.75, 3.05) is 13.2 Å². The third-order valence-corrected chi connectivity index (χ3v) is 3.49. The van der Waals surface area contributed by atoms with Gasteiger partial charge in [0, 0.05) is 0 Å². The number of rotatable bonds is 12. The molecule has 0 aliphatic heterocycles. The molecule has 1 atom stereocenters. The van der Waals surface area contributed by atoms with E-state index in [0.29, 0.717) is 0 Å². The van der Waals surface area contributed by atoms with E-state index in [1.807, 2.05) is 6.92 Å². The van der Waals surface area contributed by atoms with Crippen LogP contribution in [0, 0.1) is 0 Å². The normalized spacial score (nSPS) is 14.8. The maximum atomic E-state index is 11.2. The van der Waals surface area contributed by atoms with Gasteiger partial charge in [0.1, 0.15) is 0 Å². The Hall–Kier alpha value is 0.110. The van der Waals surface area contributed by atoms with E-state index in [0.717, 1.165) is 32.1 Å². The van der Waals surface area contributed by atoms with E-state index < -0.39 is 7.82 Å². The van der Waals surface area contributed by atoms with Crippen molar-refractivity contribution >= 4 is 7.82 Å². The molecule has 104 valence electrons. The van der Waals surface area contributed by atoms with Crippen molar-refractivity contribution in [1.29, 1.82) is 0 Å². The molecule has 0 radical (unpaired) electrons. The lowest BCUT2D eigenvalue weighted by Gasteiger charge is -2.22. The van der Waals surface area contributed by atoms with Crippen LogP contribution in [0.5, 0.6) is 0 Å². The Morgan fingerprint density at radius 3 is 1.88 bits per heavy atom. The molecule has 0 aliphatic rings. The van der Waals surface area contributed by atoms with Gasteiger partial charge in [-0.15, -0.1) is 0 Å². The van der Waals surface area contributed by atoms with Crippen LogP contribution in [0.3, 0.4) is 0 Å². The van der Waals surface area contributed by atoms with Crippen LogP contribution in [-0.4, -0.2) is 13.2 Å². The van der Waals surface area contributed by atoms with Crippen molar-refractivity contribution in [1.82, 2.24) is 0 Å². The molecule has 0 bridgehead atoms. The van der Waals surface area contributed by atoms with Gasteiger partial charge in [0.15, 0.2) is 0 Å². The molecular weight excluding hydrogens is 239 g/mol. The first-order valence-corrected chi connectivity index (χ1v) is 8.18. The number of hydrogen-bond donors (Lipinski definition) is 0. The van der Waals surface area contributed by atoms with Gasteiger partial charge in [-0.2, -0.15) is 0 Å². The van der Waals surface area contributed by atoms with Gasteiger partial charge in [-0.1, -0.05) is 52.4 Å². The van der Waals surface area contributed by atoms with E-state index >= 15 is 0 Å². The number of unbranched alkanes of at least 4 members (excludes halogenated alkanes) is 6. The first kappa shape index (κ1) is 17.1. The molecule has 17 heavy (non-hydrogen) atoms. The van der Waals surface area contributed by atoms with Gasteiger partial charge in [-0.25, -0.2) is 0 Å². The fourth-order valence-corrected chi connectivity index (χ4v) is 2.20. The second-order valence-corrected chi connectivity index (χ2v) is 5.65. The van der Waals surface area contributed by atoms with Crippen molar-refractivity contribution in [2.45, 2.75) is 65.2 Å². The summed E-state index contributed by atoms with van der Waals surface area (Å²) in [6.45, 7) is 4.63. The van der Waals surface area contributed by atoms with Gasteiger partial charge < -0.3 is 13.9 Å². The maximum Gasteiger partial charge on any atom is 0.267 e. The maximum absolute atomic E-state index is 11.2. The Kier molecular flexibility index (Phi) is 11.3. The van der Waals surface area contributed by atoms with E-state index in [2.05, 4.69) is 6.92 Å². The highest BCUT2D eigenvalue weighted by atomic mass is 31.2. The molecule has 0 saturated heterocycles. The molecule has 0 saturated carbocycles. The molecule has 0 aliphatic carbocycles. The summed E-state index contributed by atoms with van der Waals surface area (Å²) in [6, 6.07) is 0. The summed E-state index contributed by atoms with van der Waals surface area (Å²) in [5.74, 6) is 0. The first-order chi connectivity index (χ1) is 8.12. The molecule has 0 aromatic carbocycles. The number of phosphoric ester groups is 1. The zero-order chi connectivity index (χ0) is 13.0. The molecule has 1 unspecified atom stereocenters. The van der Waals surface area contributed by atoms with E-state index in [1.54, 1.807) is 0 Å². The van der Waals surface area contributed by atoms with E-state index in [4.69, 9.17) is 9.05 Å². The number of phosphoric acid groups is 1. The van der Waals surface area contributed by atoms with Crippen molar-refractivity contribution in [2.24, 2.45) is 0 Å². The molecule has 0 rings (SSSR count). The minimum atomic E-state index is -4.03. The first-order valence-electron chi connectivity index (χ1n) is 6.72.